The molecule has 0 aliphatic heterocycles. The number of nitrogens with one attached hydrogen (secondary N) is 2. The predicted octanol–water partition coefficient (Wildman–Crippen LogP) is 5.06. The van der Waals surface area contributed by atoms with Gasteiger partial charge in [-0.15, -0.1) is 11.3 Å². The van der Waals surface area contributed by atoms with Gasteiger partial charge in [-0.1, -0.05) is 12.1 Å². The van der Waals surface area contributed by atoms with Gasteiger partial charge in [0.2, 0.25) is 0 Å². The number of anilines is 1. The third-order valence-electron chi connectivity index (χ3n) is 3.08. The van der Waals surface area contributed by atoms with Crippen LogP contribution >= 0.6 is 11.3 Å². The summed E-state index contributed by atoms with van der Waals surface area (Å²) in [5, 5.41) is 4.92. The molecule has 0 aliphatic rings. The molecule has 0 aliphatic carbocycles. The van der Waals surface area contributed by atoms with Gasteiger partial charge in [0.25, 0.3) is 0 Å². The van der Waals surface area contributed by atoms with Crippen molar-refractivity contribution in [2.45, 2.75) is 25.3 Å². The fourth-order valence-electron chi connectivity index (χ4n) is 1.86. The average molecular weight is 383 g/mol. The van der Waals surface area contributed by atoms with Crippen LogP contribution in [0.4, 0.5) is 36.3 Å². The smallest absolute Gasteiger partial charge is 0.331 e. The first-order valence-corrected chi connectivity index (χ1v) is 7.62. The largest absolute Gasteiger partial charge is 0.434 e. The van der Waals surface area contributed by atoms with E-state index in [0.717, 1.165) is 17.5 Å². The standard InChI is InChI=1S/C14H11F6N3OS/c1-7(8-3-2-4-9(5-8)13(15,16)17)21-11(24)23-12-22-10(6-25-12)14(18,19)20/h2-7H,1H3,(H2,21,22,23,24). The number of thiazole rings is 1. The second kappa shape index (κ2) is 6.90. The lowest BCUT2D eigenvalue weighted by atomic mass is 10.1. The highest BCUT2D eigenvalue weighted by molar-refractivity contribution is 7.13. The van der Waals surface area contributed by atoms with E-state index < -0.39 is 35.7 Å². The summed E-state index contributed by atoms with van der Waals surface area (Å²) in [5.74, 6) is 0. The predicted molar refractivity (Wildman–Crippen MR) is 79.1 cm³/mol. The van der Waals surface area contributed by atoms with Gasteiger partial charge >= 0.3 is 18.4 Å². The van der Waals surface area contributed by atoms with Gasteiger partial charge in [-0.05, 0) is 24.6 Å². The summed E-state index contributed by atoms with van der Waals surface area (Å²) in [6.07, 6.45) is -9.15. The molecule has 0 saturated heterocycles. The van der Waals surface area contributed by atoms with Crippen molar-refractivity contribution in [2.24, 2.45) is 0 Å². The Morgan fingerprint density at radius 2 is 1.84 bits per heavy atom. The van der Waals surface area contributed by atoms with Gasteiger partial charge in [-0.2, -0.15) is 26.3 Å². The quantitative estimate of drug-likeness (QED) is 0.728. The Morgan fingerprint density at radius 1 is 1.16 bits per heavy atom. The summed E-state index contributed by atoms with van der Waals surface area (Å²) >= 11 is 0.582. The molecular formula is C14H11F6N3OS. The summed E-state index contributed by atoms with van der Waals surface area (Å²) in [5.41, 5.74) is -1.81. The number of carbonyl (C=O) groups is 1. The molecule has 2 amide bonds. The first kappa shape index (κ1) is 19.0. The summed E-state index contributed by atoms with van der Waals surface area (Å²) in [7, 11) is 0. The van der Waals surface area contributed by atoms with E-state index in [1.165, 1.54) is 19.1 Å². The van der Waals surface area contributed by atoms with Crippen molar-refractivity contribution in [1.29, 1.82) is 0 Å². The summed E-state index contributed by atoms with van der Waals surface area (Å²) in [6.45, 7) is 1.44. The van der Waals surface area contributed by atoms with Crippen molar-refractivity contribution in [3.63, 3.8) is 0 Å². The molecule has 0 fully saturated rings. The number of halogens is 6. The molecule has 0 spiro atoms. The van der Waals surface area contributed by atoms with Gasteiger partial charge in [0.15, 0.2) is 10.8 Å². The molecule has 2 rings (SSSR count). The van der Waals surface area contributed by atoms with Crippen LogP contribution in [0.25, 0.3) is 0 Å². The molecule has 1 unspecified atom stereocenters. The summed E-state index contributed by atoms with van der Waals surface area (Å²) in [6, 6.07) is 2.69. The fraction of sp³-hybridized carbons (Fsp3) is 0.286. The van der Waals surface area contributed by atoms with E-state index in [-0.39, 0.29) is 10.7 Å². The van der Waals surface area contributed by atoms with Gasteiger partial charge in [0.1, 0.15) is 0 Å². The SMILES string of the molecule is CC(NC(=O)Nc1nc(C(F)(F)F)cs1)c1cccc(C(F)(F)F)c1. The number of urea groups is 1. The maximum atomic E-state index is 12.7. The molecule has 0 bridgehead atoms. The highest BCUT2D eigenvalue weighted by Crippen LogP contribution is 2.32. The molecule has 1 atom stereocenters. The van der Waals surface area contributed by atoms with E-state index >= 15 is 0 Å². The molecule has 1 aromatic heterocycles. The minimum atomic E-state index is -4.63. The van der Waals surface area contributed by atoms with Crippen LogP contribution in [0.5, 0.6) is 0 Å². The zero-order chi connectivity index (χ0) is 18.8. The lowest BCUT2D eigenvalue weighted by Crippen LogP contribution is -2.31. The number of amides is 2. The van der Waals surface area contributed by atoms with Crippen LogP contribution in [0.3, 0.4) is 0 Å². The van der Waals surface area contributed by atoms with Crippen LogP contribution in [-0.4, -0.2) is 11.0 Å². The Labute approximate surface area is 141 Å². The maximum absolute atomic E-state index is 12.7. The maximum Gasteiger partial charge on any atom is 0.434 e. The number of carbonyl (C=O) groups excluding carboxylic acids is 1. The van der Waals surface area contributed by atoms with Gasteiger partial charge in [0, 0.05) is 5.38 Å². The van der Waals surface area contributed by atoms with Gasteiger partial charge in [-0.3, -0.25) is 5.32 Å². The molecule has 1 aromatic carbocycles. The second-order valence-electron chi connectivity index (χ2n) is 4.98. The zero-order valence-electron chi connectivity index (χ0n) is 12.5. The van der Waals surface area contributed by atoms with Crippen LogP contribution in [0.2, 0.25) is 0 Å². The van der Waals surface area contributed by atoms with E-state index in [2.05, 4.69) is 15.6 Å². The molecule has 136 valence electrons. The third kappa shape index (κ3) is 5.08. The van der Waals surface area contributed by atoms with Crippen molar-refractivity contribution in [1.82, 2.24) is 10.3 Å². The number of hydrogen-bond donors (Lipinski definition) is 2. The van der Waals surface area contributed by atoms with Crippen LogP contribution in [0, 0.1) is 0 Å². The first-order chi connectivity index (χ1) is 11.5. The van der Waals surface area contributed by atoms with Crippen molar-refractivity contribution in [3.05, 3.63) is 46.5 Å². The lowest BCUT2D eigenvalue weighted by molar-refractivity contribution is -0.140. The van der Waals surface area contributed by atoms with Crippen LogP contribution in [0.15, 0.2) is 29.6 Å². The Morgan fingerprint density at radius 3 is 2.40 bits per heavy atom. The number of alkyl halides is 6. The molecule has 0 radical (unpaired) electrons. The third-order valence-corrected chi connectivity index (χ3v) is 3.83. The molecule has 2 aromatic rings. The topological polar surface area (TPSA) is 54.0 Å². The van der Waals surface area contributed by atoms with Crippen molar-refractivity contribution < 1.29 is 31.1 Å². The summed E-state index contributed by atoms with van der Waals surface area (Å²) < 4.78 is 75.3. The van der Waals surface area contributed by atoms with E-state index in [9.17, 15) is 31.1 Å². The Balaban J connectivity index is 2.02. The van der Waals surface area contributed by atoms with E-state index in [1.54, 1.807) is 0 Å². The number of hydrogen-bond acceptors (Lipinski definition) is 3. The minimum Gasteiger partial charge on any atom is -0.331 e. The molecular weight excluding hydrogens is 372 g/mol. The molecule has 1 heterocycles. The van der Waals surface area contributed by atoms with Crippen LogP contribution < -0.4 is 10.6 Å². The van der Waals surface area contributed by atoms with E-state index in [0.29, 0.717) is 11.3 Å². The Hall–Kier alpha value is -2.30. The number of aromatic nitrogens is 1. The van der Waals surface area contributed by atoms with Crippen molar-refractivity contribution in [2.75, 3.05) is 5.32 Å². The van der Waals surface area contributed by atoms with Gasteiger partial charge in [0.05, 0.1) is 11.6 Å². The molecule has 11 heteroatoms. The van der Waals surface area contributed by atoms with Crippen molar-refractivity contribution >= 4 is 22.5 Å². The highest BCUT2D eigenvalue weighted by atomic mass is 32.1. The number of nitrogens with zero attached hydrogens (tertiary/aromatic N) is 1. The normalized spacial score (nSPS) is 13.4. The first-order valence-electron chi connectivity index (χ1n) is 6.74. The molecule has 4 nitrogen and oxygen atoms in total. The zero-order valence-corrected chi connectivity index (χ0v) is 13.3. The van der Waals surface area contributed by atoms with Crippen LogP contribution in [-0.2, 0) is 12.4 Å². The Bertz CT molecular complexity index is 756. The molecule has 2 N–H and O–H groups in total. The van der Waals surface area contributed by atoms with E-state index in [4.69, 9.17) is 0 Å². The average Bonchev–Trinajstić information content (AvgIpc) is 2.95. The molecule has 25 heavy (non-hydrogen) atoms. The summed E-state index contributed by atoms with van der Waals surface area (Å²) in [4.78, 5) is 15.0. The lowest BCUT2D eigenvalue weighted by Gasteiger charge is -2.16. The fourth-order valence-corrected chi connectivity index (χ4v) is 2.57. The molecule has 0 saturated carbocycles. The van der Waals surface area contributed by atoms with Gasteiger partial charge < -0.3 is 5.32 Å². The second-order valence-corrected chi connectivity index (χ2v) is 5.84. The minimum absolute atomic E-state index is 0.195. The monoisotopic (exact) mass is 383 g/mol. The van der Waals surface area contributed by atoms with Crippen LogP contribution in [0.1, 0.15) is 29.8 Å². The van der Waals surface area contributed by atoms with E-state index in [1.807, 2.05) is 0 Å². The van der Waals surface area contributed by atoms with Crippen molar-refractivity contribution in [3.8, 4) is 0 Å². The number of benzene rings is 1. The highest BCUT2D eigenvalue weighted by Gasteiger charge is 2.34. The number of rotatable bonds is 3. The Kier molecular flexibility index (Phi) is 5.26. The van der Waals surface area contributed by atoms with Gasteiger partial charge in [-0.25, -0.2) is 9.78 Å².